The van der Waals surface area contributed by atoms with E-state index in [2.05, 4.69) is 32.9 Å². The highest BCUT2D eigenvalue weighted by atomic mass is 32.1. The molecule has 1 aromatic heterocycles. The lowest BCUT2D eigenvalue weighted by molar-refractivity contribution is -0.384. The summed E-state index contributed by atoms with van der Waals surface area (Å²) in [6, 6.07) is 20.8. The number of carbonyl (C=O) groups excluding carboxylic acids is 1. The van der Waals surface area contributed by atoms with E-state index in [1.54, 1.807) is 22.3 Å². The number of nitrogens with two attached hydrogens (primary N) is 1. The monoisotopic (exact) mass is 538 g/mol. The second-order valence-corrected chi connectivity index (χ2v) is 12.3. The summed E-state index contributed by atoms with van der Waals surface area (Å²) in [5.74, 6) is -0.485. The number of hydrogen-bond donors (Lipinski definition) is 1. The van der Waals surface area contributed by atoms with Gasteiger partial charge in [0.2, 0.25) is 0 Å². The molecule has 7 nitrogen and oxygen atoms in total. The quantitative estimate of drug-likeness (QED) is 0.284. The van der Waals surface area contributed by atoms with Crippen molar-refractivity contribution in [3.05, 3.63) is 114 Å². The molecule has 0 fully saturated rings. The summed E-state index contributed by atoms with van der Waals surface area (Å²) in [5, 5.41) is 22.1. The average Bonchev–Trinajstić information content (AvgIpc) is 3.40. The van der Waals surface area contributed by atoms with Gasteiger partial charge in [0.15, 0.2) is 5.78 Å². The third-order valence-corrected chi connectivity index (χ3v) is 9.11. The molecule has 0 amide bonds. The van der Waals surface area contributed by atoms with E-state index in [1.807, 2.05) is 43.3 Å². The maximum atomic E-state index is 14.0. The highest BCUT2D eigenvalue weighted by Crippen LogP contribution is 2.51. The number of nitro groups is 1. The SMILES string of the molecule is Cc1ccc([N+](=O)[O-])cc1N1C(N)=C(C#N)C(c2ccc(C(C)(C)C)s2)C2=C1CC(c1ccccc1)CC2=O. The number of thiophene rings is 1. The molecule has 0 saturated carbocycles. The summed E-state index contributed by atoms with van der Waals surface area (Å²) >= 11 is 1.59. The van der Waals surface area contributed by atoms with Gasteiger partial charge in [0, 0.05) is 39.6 Å². The number of rotatable bonds is 4. The Morgan fingerprint density at radius 3 is 2.44 bits per heavy atom. The van der Waals surface area contributed by atoms with Gasteiger partial charge >= 0.3 is 0 Å². The molecule has 39 heavy (non-hydrogen) atoms. The largest absolute Gasteiger partial charge is 0.384 e. The van der Waals surface area contributed by atoms with Crippen LogP contribution in [0.25, 0.3) is 0 Å². The van der Waals surface area contributed by atoms with Crippen LogP contribution in [0.3, 0.4) is 0 Å². The van der Waals surface area contributed by atoms with Crippen LogP contribution in [0, 0.1) is 28.4 Å². The Labute approximate surface area is 232 Å². The van der Waals surface area contributed by atoms with Gasteiger partial charge in [0.05, 0.1) is 28.2 Å². The molecular formula is C31H30N4O3S. The van der Waals surface area contributed by atoms with Crippen LogP contribution in [0.2, 0.25) is 0 Å². The summed E-state index contributed by atoms with van der Waals surface area (Å²) in [4.78, 5) is 29.0. The third kappa shape index (κ3) is 4.64. The van der Waals surface area contributed by atoms with Crippen LogP contribution in [0.1, 0.15) is 66.3 Å². The molecule has 2 atom stereocenters. The number of anilines is 1. The lowest BCUT2D eigenvalue weighted by Gasteiger charge is -2.41. The molecule has 198 valence electrons. The van der Waals surface area contributed by atoms with Crippen LogP contribution in [0.5, 0.6) is 0 Å². The van der Waals surface area contributed by atoms with E-state index in [4.69, 9.17) is 5.73 Å². The van der Waals surface area contributed by atoms with Crippen molar-refractivity contribution in [3.8, 4) is 6.07 Å². The first-order valence-corrected chi connectivity index (χ1v) is 13.7. The van der Waals surface area contributed by atoms with Gasteiger partial charge in [0.1, 0.15) is 5.82 Å². The smallest absolute Gasteiger partial charge is 0.271 e. The summed E-state index contributed by atoms with van der Waals surface area (Å²) in [7, 11) is 0. The fourth-order valence-corrected chi connectivity index (χ4v) is 6.70. The zero-order valence-corrected chi connectivity index (χ0v) is 23.2. The van der Waals surface area contributed by atoms with Crippen molar-refractivity contribution in [1.82, 2.24) is 0 Å². The Balaban J connectivity index is 1.76. The number of allylic oxidation sites excluding steroid dienone is 3. The van der Waals surface area contributed by atoms with Gasteiger partial charge in [-0.3, -0.25) is 19.8 Å². The zero-order valence-electron chi connectivity index (χ0n) is 22.4. The molecule has 2 unspecified atom stereocenters. The predicted molar refractivity (Wildman–Crippen MR) is 153 cm³/mol. The topological polar surface area (TPSA) is 113 Å². The number of nitro benzene ring substituents is 1. The fraction of sp³-hybridized carbons (Fsp3) is 0.290. The van der Waals surface area contributed by atoms with Gasteiger partial charge in [0.25, 0.3) is 5.69 Å². The van der Waals surface area contributed by atoms with Crippen molar-refractivity contribution >= 4 is 28.5 Å². The molecule has 0 spiro atoms. The minimum absolute atomic E-state index is 0.0332. The molecule has 0 saturated heterocycles. The summed E-state index contributed by atoms with van der Waals surface area (Å²) in [6.45, 7) is 8.24. The Hall–Kier alpha value is -4.22. The van der Waals surface area contributed by atoms with Crippen LogP contribution < -0.4 is 10.6 Å². The van der Waals surface area contributed by atoms with E-state index in [1.165, 1.54) is 12.1 Å². The van der Waals surface area contributed by atoms with E-state index in [0.717, 1.165) is 20.9 Å². The second kappa shape index (κ2) is 9.83. The minimum atomic E-state index is -0.578. The Bertz CT molecular complexity index is 1590. The van der Waals surface area contributed by atoms with Gasteiger partial charge < -0.3 is 5.73 Å². The maximum Gasteiger partial charge on any atom is 0.271 e. The van der Waals surface area contributed by atoms with Crippen LogP contribution in [-0.4, -0.2) is 10.7 Å². The molecule has 1 aliphatic carbocycles. The number of non-ortho nitro benzene ring substituents is 1. The number of ketones is 1. The first-order chi connectivity index (χ1) is 18.5. The molecule has 0 bridgehead atoms. The highest BCUT2D eigenvalue weighted by Gasteiger charge is 2.44. The van der Waals surface area contributed by atoms with Crippen molar-refractivity contribution in [2.24, 2.45) is 5.73 Å². The van der Waals surface area contributed by atoms with Crippen LogP contribution in [0.15, 0.2) is 83.3 Å². The van der Waals surface area contributed by atoms with Crippen LogP contribution in [-0.2, 0) is 10.2 Å². The first-order valence-electron chi connectivity index (χ1n) is 12.9. The Kier molecular flexibility index (Phi) is 6.65. The van der Waals surface area contributed by atoms with E-state index in [-0.39, 0.29) is 34.2 Å². The summed E-state index contributed by atoms with van der Waals surface area (Å²) in [5.41, 5.74) is 10.5. The van der Waals surface area contributed by atoms with E-state index >= 15 is 0 Å². The minimum Gasteiger partial charge on any atom is -0.384 e. The van der Waals surface area contributed by atoms with Gasteiger partial charge in [-0.1, -0.05) is 57.2 Å². The number of nitrogens with zero attached hydrogens (tertiary/aromatic N) is 3. The van der Waals surface area contributed by atoms with E-state index in [9.17, 15) is 20.2 Å². The second-order valence-electron chi connectivity index (χ2n) is 11.2. The van der Waals surface area contributed by atoms with Crippen LogP contribution >= 0.6 is 11.3 Å². The van der Waals surface area contributed by atoms with Crippen LogP contribution in [0.4, 0.5) is 11.4 Å². The third-order valence-electron chi connectivity index (χ3n) is 7.53. The maximum absolute atomic E-state index is 14.0. The Morgan fingerprint density at radius 2 is 1.82 bits per heavy atom. The van der Waals surface area contributed by atoms with Crippen molar-refractivity contribution in [2.45, 2.75) is 57.8 Å². The number of Topliss-reactive ketones (excluding diaryl/α,β-unsaturated/α-hetero) is 1. The molecule has 2 aromatic carbocycles. The normalized spacial score (nSPS) is 19.7. The molecule has 3 aromatic rings. The van der Waals surface area contributed by atoms with Crippen molar-refractivity contribution < 1.29 is 9.72 Å². The Morgan fingerprint density at radius 1 is 1.10 bits per heavy atom. The molecule has 8 heteroatoms. The number of aryl methyl sites for hydroxylation is 1. The number of carbonyl (C=O) groups is 1. The summed E-state index contributed by atoms with van der Waals surface area (Å²) < 4.78 is 0. The van der Waals surface area contributed by atoms with E-state index in [0.29, 0.717) is 29.8 Å². The molecule has 2 aliphatic rings. The fourth-order valence-electron chi connectivity index (χ4n) is 5.51. The summed E-state index contributed by atoms with van der Waals surface area (Å²) in [6.07, 6.45) is 0.831. The molecule has 2 heterocycles. The van der Waals surface area contributed by atoms with Crippen molar-refractivity contribution in [3.63, 3.8) is 0 Å². The lowest BCUT2D eigenvalue weighted by atomic mass is 9.73. The van der Waals surface area contributed by atoms with Gasteiger partial charge in [-0.05, 0) is 47.9 Å². The van der Waals surface area contributed by atoms with Crippen molar-refractivity contribution in [2.75, 3.05) is 4.90 Å². The zero-order chi connectivity index (χ0) is 28.1. The van der Waals surface area contributed by atoms with E-state index < -0.39 is 10.8 Å². The van der Waals surface area contributed by atoms with Gasteiger partial charge in [-0.25, -0.2) is 0 Å². The van der Waals surface area contributed by atoms with Gasteiger partial charge in [-0.15, -0.1) is 11.3 Å². The molecule has 0 radical (unpaired) electrons. The lowest BCUT2D eigenvalue weighted by Crippen LogP contribution is -2.40. The number of nitriles is 1. The van der Waals surface area contributed by atoms with Gasteiger partial charge in [-0.2, -0.15) is 5.26 Å². The molecule has 1 aliphatic heterocycles. The van der Waals surface area contributed by atoms with Crippen molar-refractivity contribution in [1.29, 1.82) is 5.26 Å². The average molecular weight is 539 g/mol. The number of hydrogen-bond acceptors (Lipinski definition) is 7. The standard InChI is InChI=1S/C31H30N4O3S/c1-18-10-11-21(35(37)38)16-23(18)34-24-14-20(19-8-6-5-7-9-19)15-25(36)29(24)28(22(17-32)30(34)33)26-12-13-27(39-26)31(2,3)4/h5-13,16,20,28H,14-15,33H2,1-4H3. The number of benzene rings is 2. The predicted octanol–water partition coefficient (Wildman–Crippen LogP) is 6.96. The molecular weight excluding hydrogens is 508 g/mol. The molecule has 5 rings (SSSR count). The first kappa shape index (κ1) is 26.4. The molecule has 2 N–H and O–H groups in total. The highest BCUT2D eigenvalue weighted by molar-refractivity contribution is 7.12.